The summed E-state index contributed by atoms with van der Waals surface area (Å²) in [5, 5.41) is 1.10. The van der Waals surface area contributed by atoms with E-state index in [1.807, 2.05) is 13.0 Å². The summed E-state index contributed by atoms with van der Waals surface area (Å²) >= 11 is 5.89. The topological polar surface area (TPSA) is 42.9 Å². The number of aromatic nitrogens is 2. The van der Waals surface area contributed by atoms with Crippen LogP contribution in [0.15, 0.2) is 18.5 Å². The second-order valence-electron chi connectivity index (χ2n) is 3.03. The average Bonchev–Trinajstić information content (AvgIpc) is 2.18. The third-order valence-corrected chi connectivity index (χ3v) is 2.29. The lowest BCUT2D eigenvalue weighted by Gasteiger charge is -2.02. The number of carbonyl (C=O) groups is 1. The molecule has 0 aliphatic carbocycles. The summed E-state index contributed by atoms with van der Waals surface area (Å²) in [5.74, 6) is 0. The first-order valence-corrected chi connectivity index (χ1v) is 4.46. The Labute approximate surface area is 85.7 Å². The number of halogens is 1. The van der Waals surface area contributed by atoms with E-state index in [1.54, 1.807) is 6.07 Å². The molecule has 2 aromatic rings. The zero-order valence-electron chi connectivity index (χ0n) is 7.49. The van der Waals surface area contributed by atoms with Crippen LogP contribution in [-0.4, -0.2) is 16.3 Å². The van der Waals surface area contributed by atoms with E-state index >= 15 is 0 Å². The molecule has 0 fully saturated rings. The van der Waals surface area contributed by atoms with Crippen LogP contribution in [0.1, 0.15) is 15.9 Å². The van der Waals surface area contributed by atoms with Gasteiger partial charge in [-0.15, -0.1) is 0 Å². The molecule has 1 heterocycles. The Kier molecular flexibility index (Phi) is 2.17. The zero-order chi connectivity index (χ0) is 10.1. The maximum Gasteiger partial charge on any atom is 0.152 e. The van der Waals surface area contributed by atoms with Gasteiger partial charge in [0.05, 0.1) is 5.52 Å². The molecule has 14 heavy (non-hydrogen) atoms. The van der Waals surface area contributed by atoms with Crippen molar-refractivity contribution >= 4 is 28.8 Å². The van der Waals surface area contributed by atoms with E-state index in [4.69, 9.17) is 11.6 Å². The van der Waals surface area contributed by atoms with Gasteiger partial charge in [0.2, 0.25) is 0 Å². The van der Waals surface area contributed by atoms with Crippen LogP contribution in [0.3, 0.4) is 0 Å². The molecular weight excluding hydrogens is 200 g/mol. The van der Waals surface area contributed by atoms with E-state index in [9.17, 15) is 4.79 Å². The third kappa shape index (κ3) is 1.36. The van der Waals surface area contributed by atoms with Gasteiger partial charge in [-0.25, -0.2) is 9.97 Å². The van der Waals surface area contributed by atoms with Crippen LogP contribution in [0.2, 0.25) is 5.15 Å². The number of rotatable bonds is 1. The van der Waals surface area contributed by atoms with Crippen molar-refractivity contribution in [3.05, 3.63) is 34.7 Å². The fourth-order valence-electron chi connectivity index (χ4n) is 1.40. The average molecular weight is 207 g/mol. The first-order valence-electron chi connectivity index (χ1n) is 4.08. The van der Waals surface area contributed by atoms with E-state index < -0.39 is 0 Å². The van der Waals surface area contributed by atoms with Gasteiger partial charge in [0.25, 0.3) is 0 Å². The fourth-order valence-corrected chi connectivity index (χ4v) is 1.59. The minimum Gasteiger partial charge on any atom is -0.298 e. The third-order valence-electron chi connectivity index (χ3n) is 1.99. The number of aryl methyl sites for hydroxylation is 1. The number of hydrogen-bond donors (Lipinski definition) is 0. The number of hydrogen-bond acceptors (Lipinski definition) is 3. The molecule has 1 aromatic heterocycles. The van der Waals surface area contributed by atoms with Gasteiger partial charge in [-0.05, 0) is 24.6 Å². The molecule has 0 amide bonds. The van der Waals surface area contributed by atoms with Crippen molar-refractivity contribution in [2.75, 3.05) is 0 Å². The molecule has 0 radical (unpaired) electrons. The van der Waals surface area contributed by atoms with Crippen molar-refractivity contribution in [3.8, 4) is 0 Å². The fraction of sp³-hybridized carbons (Fsp3) is 0.100. The molecule has 0 bridgehead atoms. The lowest BCUT2D eigenvalue weighted by Crippen LogP contribution is -1.91. The Bertz CT molecular complexity index is 511. The van der Waals surface area contributed by atoms with Crippen LogP contribution < -0.4 is 0 Å². The number of carbonyl (C=O) groups excluding carboxylic acids is 1. The minimum atomic E-state index is 0.377. The number of fused-ring (bicyclic) bond motifs is 1. The van der Waals surface area contributed by atoms with Crippen molar-refractivity contribution < 1.29 is 4.79 Å². The number of nitrogens with zero attached hydrogens (tertiary/aromatic N) is 2. The Balaban J connectivity index is 2.94. The monoisotopic (exact) mass is 206 g/mol. The van der Waals surface area contributed by atoms with Crippen molar-refractivity contribution in [2.24, 2.45) is 0 Å². The van der Waals surface area contributed by atoms with Crippen LogP contribution in [0.5, 0.6) is 0 Å². The van der Waals surface area contributed by atoms with Crippen LogP contribution in [0.25, 0.3) is 10.9 Å². The molecule has 0 spiro atoms. The van der Waals surface area contributed by atoms with Crippen molar-refractivity contribution in [1.82, 2.24) is 9.97 Å². The molecule has 0 unspecified atom stereocenters. The maximum atomic E-state index is 10.8. The molecule has 0 N–H and O–H groups in total. The Morgan fingerprint density at radius 2 is 2.14 bits per heavy atom. The van der Waals surface area contributed by atoms with Crippen molar-refractivity contribution in [2.45, 2.75) is 6.92 Å². The Hall–Kier alpha value is -1.48. The molecule has 0 atom stereocenters. The molecule has 1 aromatic carbocycles. The molecule has 0 saturated heterocycles. The molecule has 70 valence electrons. The Morgan fingerprint density at radius 3 is 2.86 bits per heavy atom. The highest BCUT2D eigenvalue weighted by atomic mass is 35.5. The SMILES string of the molecule is Cc1cc(C=O)c2ncnc(Cl)c2c1. The van der Waals surface area contributed by atoms with E-state index in [-0.39, 0.29) is 0 Å². The van der Waals surface area contributed by atoms with Gasteiger partial charge in [-0.3, -0.25) is 4.79 Å². The summed E-state index contributed by atoms with van der Waals surface area (Å²) in [6, 6.07) is 3.64. The van der Waals surface area contributed by atoms with Crippen molar-refractivity contribution in [3.63, 3.8) is 0 Å². The first kappa shape index (κ1) is 9.09. The van der Waals surface area contributed by atoms with E-state index in [0.717, 1.165) is 17.2 Å². The molecule has 3 nitrogen and oxygen atoms in total. The second-order valence-corrected chi connectivity index (χ2v) is 3.39. The molecule has 2 rings (SSSR count). The van der Waals surface area contributed by atoms with Gasteiger partial charge in [-0.1, -0.05) is 11.6 Å². The van der Waals surface area contributed by atoms with Crippen LogP contribution in [0, 0.1) is 6.92 Å². The lowest BCUT2D eigenvalue weighted by molar-refractivity contribution is 0.112. The van der Waals surface area contributed by atoms with Gasteiger partial charge < -0.3 is 0 Å². The highest BCUT2D eigenvalue weighted by Gasteiger charge is 2.06. The normalized spacial score (nSPS) is 10.4. The van der Waals surface area contributed by atoms with Crippen molar-refractivity contribution in [1.29, 1.82) is 0 Å². The summed E-state index contributed by atoms with van der Waals surface area (Å²) in [6.07, 6.45) is 2.13. The van der Waals surface area contributed by atoms with Crippen LogP contribution in [-0.2, 0) is 0 Å². The zero-order valence-corrected chi connectivity index (χ0v) is 8.25. The summed E-state index contributed by atoms with van der Waals surface area (Å²) < 4.78 is 0. The van der Waals surface area contributed by atoms with Crippen LogP contribution in [0.4, 0.5) is 0 Å². The van der Waals surface area contributed by atoms with Gasteiger partial charge in [0, 0.05) is 10.9 Å². The summed E-state index contributed by atoms with van der Waals surface area (Å²) in [7, 11) is 0. The maximum absolute atomic E-state index is 10.8. The highest BCUT2D eigenvalue weighted by molar-refractivity contribution is 6.34. The van der Waals surface area contributed by atoms with Gasteiger partial charge in [0.15, 0.2) is 6.29 Å². The predicted molar refractivity (Wildman–Crippen MR) is 54.7 cm³/mol. The van der Waals surface area contributed by atoms with Gasteiger partial charge >= 0.3 is 0 Å². The molecule has 0 saturated carbocycles. The minimum absolute atomic E-state index is 0.377. The largest absolute Gasteiger partial charge is 0.298 e. The summed E-state index contributed by atoms with van der Waals surface area (Å²) in [6.45, 7) is 1.90. The van der Waals surface area contributed by atoms with E-state index in [0.29, 0.717) is 16.2 Å². The summed E-state index contributed by atoms with van der Waals surface area (Å²) in [5.41, 5.74) is 2.12. The standard InChI is InChI=1S/C10H7ClN2O/c1-6-2-7(4-14)9-8(3-6)10(11)13-5-12-9/h2-5H,1H3. The predicted octanol–water partition coefficient (Wildman–Crippen LogP) is 2.40. The summed E-state index contributed by atoms with van der Waals surface area (Å²) in [4.78, 5) is 18.7. The molecule has 0 aliphatic heterocycles. The Morgan fingerprint density at radius 1 is 1.36 bits per heavy atom. The van der Waals surface area contributed by atoms with E-state index in [2.05, 4.69) is 9.97 Å². The van der Waals surface area contributed by atoms with Gasteiger partial charge in [-0.2, -0.15) is 0 Å². The number of benzene rings is 1. The highest BCUT2D eigenvalue weighted by Crippen LogP contribution is 2.22. The van der Waals surface area contributed by atoms with E-state index in [1.165, 1.54) is 6.33 Å². The smallest absolute Gasteiger partial charge is 0.152 e. The first-order chi connectivity index (χ1) is 6.72. The second kappa shape index (κ2) is 3.35. The van der Waals surface area contributed by atoms with Gasteiger partial charge in [0.1, 0.15) is 11.5 Å². The van der Waals surface area contributed by atoms with Crippen LogP contribution >= 0.6 is 11.6 Å². The quantitative estimate of drug-likeness (QED) is 0.532. The molecular formula is C10H7ClN2O. The molecule has 4 heteroatoms. The number of aldehydes is 1. The lowest BCUT2D eigenvalue weighted by atomic mass is 10.1. The molecule has 0 aliphatic rings.